The van der Waals surface area contributed by atoms with E-state index in [4.69, 9.17) is 15.2 Å². The van der Waals surface area contributed by atoms with Crippen LogP contribution in [0.3, 0.4) is 0 Å². The van der Waals surface area contributed by atoms with Crippen LogP contribution in [0.15, 0.2) is 18.2 Å². The fourth-order valence-corrected chi connectivity index (χ4v) is 2.21. The molecule has 0 saturated heterocycles. The third-order valence-corrected chi connectivity index (χ3v) is 3.55. The lowest BCUT2D eigenvalue weighted by atomic mass is 10.0. The average Bonchev–Trinajstić information content (AvgIpc) is 2.53. The van der Waals surface area contributed by atoms with Gasteiger partial charge in [-0.15, -0.1) is 0 Å². The summed E-state index contributed by atoms with van der Waals surface area (Å²) in [6.45, 7) is 5.13. The lowest BCUT2D eigenvalue weighted by Gasteiger charge is -2.18. The topological polar surface area (TPSA) is 91.7 Å². The lowest BCUT2D eigenvalue weighted by Crippen LogP contribution is -2.42. The standard InChI is InChI=1S/C18H28N3O4/c1-12(2)10-14(17(19)22)20-18(23)13-6-7-15(16(11-13)24-5)25-9-8-21(3)4/h6-7,11-12,14,19H,8-10H2,1-5H3,(H,20,23)/t14-/m0/s1. The van der Waals surface area contributed by atoms with Crippen molar-refractivity contribution in [1.82, 2.24) is 16.0 Å². The summed E-state index contributed by atoms with van der Waals surface area (Å²) in [6, 6.07) is 4.04. The van der Waals surface area contributed by atoms with E-state index < -0.39 is 17.9 Å². The number of carbonyl (C=O) groups is 2. The van der Waals surface area contributed by atoms with Crippen LogP contribution in [0.4, 0.5) is 0 Å². The minimum Gasteiger partial charge on any atom is -0.493 e. The summed E-state index contributed by atoms with van der Waals surface area (Å²) in [7, 11) is 5.41. The minimum atomic E-state index is -0.811. The average molecular weight is 350 g/mol. The van der Waals surface area contributed by atoms with Gasteiger partial charge in [0.05, 0.1) is 7.11 Å². The van der Waals surface area contributed by atoms with Crippen molar-refractivity contribution in [1.29, 1.82) is 0 Å². The highest BCUT2D eigenvalue weighted by molar-refractivity contribution is 5.97. The zero-order valence-corrected chi connectivity index (χ0v) is 15.6. The van der Waals surface area contributed by atoms with Crippen molar-refractivity contribution in [3.63, 3.8) is 0 Å². The van der Waals surface area contributed by atoms with Gasteiger partial charge in [-0.25, -0.2) is 0 Å². The number of rotatable bonds is 10. The maximum absolute atomic E-state index is 12.4. The molecule has 7 nitrogen and oxygen atoms in total. The van der Waals surface area contributed by atoms with Crippen LogP contribution in [-0.2, 0) is 4.79 Å². The first-order valence-corrected chi connectivity index (χ1v) is 8.26. The summed E-state index contributed by atoms with van der Waals surface area (Å²) in [6.07, 6.45) is 0.428. The first-order chi connectivity index (χ1) is 11.7. The Morgan fingerprint density at radius 3 is 2.44 bits per heavy atom. The van der Waals surface area contributed by atoms with Gasteiger partial charge in [0.2, 0.25) is 0 Å². The summed E-state index contributed by atoms with van der Waals surface area (Å²) < 4.78 is 11.0. The molecule has 1 atom stereocenters. The molecule has 0 unspecified atom stereocenters. The molecule has 0 aliphatic rings. The molecular formula is C18H28N3O4. The lowest BCUT2D eigenvalue weighted by molar-refractivity contribution is -0.120. The number of ether oxygens (including phenoxy) is 2. The van der Waals surface area contributed by atoms with Crippen molar-refractivity contribution in [2.45, 2.75) is 26.3 Å². The van der Waals surface area contributed by atoms with Gasteiger partial charge in [-0.2, -0.15) is 0 Å². The number of amides is 2. The van der Waals surface area contributed by atoms with Crippen LogP contribution in [-0.4, -0.2) is 57.1 Å². The van der Waals surface area contributed by atoms with E-state index in [0.717, 1.165) is 6.54 Å². The van der Waals surface area contributed by atoms with Gasteiger partial charge >= 0.3 is 0 Å². The first kappa shape index (κ1) is 20.8. The highest BCUT2D eigenvalue weighted by Gasteiger charge is 2.21. The number of hydrogen-bond acceptors (Lipinski definition) is 5. The Morgan fingerprint density at radius 2 is 1.92 bits per heavy atom. The van der Waals surface area contributed by atoms with Gasteiger partial charge in [-0.3, -0.25) is 15.3 Å². The third kappa shape index (κ3) is 7.01. The summed E-state index contributed by atoms with van der Waals surface area (Å²) >= 11 is 0. The molecule has 0 aliphatic heterocycles. The van der Waals surface area contributed by atoms with E-state index in [9.17, 15) is 9.59 Å². The molecule has 1 aromatic rings. The molecule has 1 radical (unpaired) electrons. The van der Waals surface area contributed by atoms with Crippen LogP contribution in [0.25, 0.3) is 0 Å². The van der Waals surface area contributed by atoms with Crippen molar-refractivity contribution >= 4 is 11.8 Å². The van der Waals surface area contributed by atoms with Gasteiger partial charge in [0.1, 0.15) is 12.6 Å². The zero-order chi connectivity index (χ0) is 19.0. The van der Waals surface area contributed by atoms with Crippen molar-refractivity contribution in [2.75, 3.05) is 34.4 Å². The number of hydrogen-bond donors (Lipinski definition) is 1. The Balaban J connectivity index is 2.83. The van der Waals surface area contributed by atoms with Crippen LogP contribution in [0.5, 0.6) is 11.5 Å². The molecule has 7 heteroatoms. The molecule has 2 amide bonds. The Hall–Kier alpha value is -2.28. The van der Waals surface area contributed by atoms with Crippen LogP contribution in [0, 0.1) is 5.92 Å². The number of benzene rings is 1. The third-order valence-electron chi connectivity index (χ3n) is 3.55. The van der Waals surface area contributed by atoms with Gasteiger partial charge in [0.25, 0.3) is 11.8 Å². The highest BCUT2D eigenvalue weighted by atomic mass is 16.5. The van der Waals surface area contributed by atoms with Crippen molar-refractivity contribution in [3.8, 4) is 11.5 Å². The number of methoxy groups -OCH3 is 1. The second-order valence-corrected chi connectivity index (χ2v) is 6.54. The van der Waals surface area contributed by atoms with Gasteiger partial charge in [0, 0.05) is 12.1 Å². The van der Waals surface area contributed by atoms with Crippen molar-refractivity contribution < 1.29 is 19.1 Å². The van der Waals surface area contributed by atoms with E-state index in [1.165, 1.54) is 7.11 Å². The molecule has 0 spiro atoms. The number of nitrogens with zero attached hydrogens (tertiary/aromatic N) is 1. The maximum atomic E-state index is 12.4. The normalized spacial score (nSPS) is 12.1. The molecule has 0 heterocycles. The smallest absolute Gasteiger partial charge is 0.260 e. The van der Waals surface area contributed by atoms with Crippen LogP contribution >= 0.6 is 0 Å². The Bertz CT molecular complexity index is 588. The molecule has 0 saturated carbocycles. The van der Waals surface area contributed by atoms with Gasteiger partial charge in [-0.05, 0) is 44.6 Å². The molecule has 0 bridgehead atoms. The van der Waals surface area contributed by atoms with Crippen LogP contribution < -0.4 is 20.5 Å². The fourth-order valence-electron chi connectivity index (χ4n) is 2.21. The SMILES string of the molecule is COc1cc(C(=O)N[C@@H](CC(C)C)C([NH])=O)ccc1OCCN(C)C. The van der Waals surface area contributed by atoms with E-state index in [1.54, 1.807) is 18.2 Å². The summed E-state index contributed by atoms with van der Waals surface area (Å²) in [4.78, 5) is 25.8. The second-order valence-electron chi connectivity index (χ2n) is 6.54. The zero-order valence-electron chi connectivity index (χ0n) is 15.6. The van der Waals surface area contributed by atoms with E-state index in [2.05, 4.69) is 5.32 Å². The molecule has 25 heavy (non-hydrogen) atoms. The van der Waals surface area contributed by atoms with E-state index in [1.807, 2.05) is 32.8 Å². The Kier molecular flexibility index (Phi) is 8.21. The van der Waals surface area contributed by atoms with E-state index >= 15 is 0 Å². The Morgan fingerprint density at radius 1 is 1.24 bits per heavy atom. The fraction of sp³-hybridized carbons (Fsp3) is 0.556. The molecule has 139 valence electrons. The van der Waals surface area contributed by atoms with Crippen molar-refractivity contribution in [2.24, 2.45) is 5.92 Å². The quantitative estimate of drug-likeness (QED) is 0.692. The number of carbonyl (C=O) groups excluding carboxylic acids is 2. The molecule has 2 N–H and O–H groups in total. The largest absolute Gasteiger partial charge is 0.493 e. The first-order valence-electron chi connectivity index (χ1n) is 8.26. The molecule has 0 aliphatic carbocycles. The van der Waals surface area contributed by atoms with Crippen LogP contribution in [0.2, 0.25) is 0 Å². The molecular weight excluding hydrogens is 322 g/mol. The van der Waals surface area contributed by atoms with E-state index in [-0.39, 0.29) is 5.92 Å². The molecule has 0 fully saturated rings. The Labute approximate surface area is 149 Å². The maximum Gasteiger partial charge on any atom is 0.260 e. The highest BCUT2D eigenvalue weighted by Crippen LogP contribution is 2.28. The molecule has 1 aromatic carbocycles. The van der Waals surface area contributed by atoms with Gasteiger partial charge < -0.3 is 19.7 Å². The number of nitrogens with one attached hydrogen (secondary N) is 2. The van der Waals surface area contributed by atoms with E-state index in [0.29, 0.717) is 30.1 Å². The summed E-state index contributed by atoms with van der Waals surface area (Å²) in [5.41, 5.74) is 7.66. The molecule has 0 aromatic heterocycles. The monoisotopic (exact) mass is 350 g/mol. The number of likely N-dealkylation sites (N-methyl/N-ethyl adjacent to an activating group) is 1. The summed E-state index contributed by atoms with van der Waals surface area (Å²) in [5, 5.41) is 2.61. The van der Waals surface area contributed by atoms with Crippen molar-refractivity contribution in [3.05, 3.63) is 23.8 Å². The van der Waals surface area contributed by atoms with Gasteiger partial charge in [0.15, 0.2) is 11.5 Å². The predicted molar refractivity (Wildman–Crippen MR) is 95.9 cm³/mol. The van der Waals surface area contributed by atoms with Gasteiger partial charge in [-0.1, -0.05) is 13.8 Å². The molecule has 1 rings (SSSR count). The van der Waals surface area contributed by atoms with Crippen LogP contribution in [0.1, 0.15) is 30.6 Å². The summed E-state index contributed by atoms with van der Waals surface area (Å²) in [5.74, 6) is -0.0103. The second kappa shape index (κ2) is 9.88. The predicted octanol–water partition coefficient (Wildman–Crippen LogP) is 1.59. The minimum absolute atomic E-state index is 0.196.